The first-order valence-corrected chi connectivity index (χ1v) is 9.82. The van der Waals surface area contributed by atoms with Crippen molar-refractivity contribution in [2.24, 2.45) is 5.92 Å². The third-order valence-corrected chi connectivity index (χ3v) is 6.04. The van der Waals surface area contributed by atoms with E-state index in [1.54, 1.807) is 0 Å². The molecule has 24 heavy (non-hydrogen) atoms. The maximum Gasteiger partial charge on any atom is 0.225 e. The fraction of sp³-hybridized carbons (Fsp3) is 0.650. The van der Waals surface area contributed by atoms with E-state index in [0.717, 1.165) is 44.0 Å². The number of carbonyl (C=O) groups is 1. The lowest BCUT2D eigenvalue weighted by molar-refractivity contribution is -0.137. The van der Waals surface area contributed by atoms with Crippen molar-refractivity contribution in [1.29, 1.82) is 0 Å². The Morgan fingerprint density at radius 1 is 1.04 bits per heavy atom. The number of rotatable bonds is 3. The predicted octanol–water partition coefficient (Wildman–Crippen LogP) is 4.52. The van der Waals surface area contributed by atoms with Crippen molar-refractivity contribution in [3.63, 3.8) is 0 Å². The molecule has 4 heteroatoms. The fourth-order valence-electron chi connectivity index (χ4n) is 4.09. The molecule has 3 rings (SSSR count). The molecule has 3 nitrogen and oxygen atoms in total. The van der Waals surface area contributed by atoms with Gasteiger partial charge in [-0.25, -0.2) is 0 Å². The van der Waals surface area contributed by atoms with E-state index in [2.05, 4.69) is 22.8 Å². The van der Waals surface area contributed by atoms with Crippen LogP contribution in [0.25, 0.3) is 0 Å². The van der Waals surface area contributed by atoms with Crippen LogP contribution in [-0.2, 0) is 4.79 Å². The van der Waals surface area contributed by atoms with Crippen LogP contribution in [0.2, 0.25) is 5.02 Å². The lowest BCUT2D eigenvalue weighted by Crippen LogP contribution is -2.43. The lowest BCUT2D eigenvalue weighted by Gasteiger charge is -2.37. The van der Waals surface area contributed by atoms with Crippen molar-refractivity contribution >= 4 is 17.5 Å². The summed E-state index contributed by atoms with van der Waals surface area (Å²) in [6.07, 6.45) is 6.85. The lowest BCUT2D eigenvalue weighted by atomic mass is 9.93. The maximum atomic E-state index is 12.8. The van der Waals surface area contributed by atoms with Gasteiger partial charge in [0.05, 0.1) is 0 Å². The van der Waals surface area contributed by atoms with Crippen molar-refractivity contribution < 1.29 is 4.79 Å². The van der Waals surface area contributed by atoms with Crippen molar-refractivity contribution in [2.45, 2.75) is 51.5 Å². The first-order chi connectivity index (χ1) is 11.7. The van der Waals surface area contributed by atoms with E-state index >= 15 is 0 Å². The van der Waals surface area contributed by atoms with E-state index in [1.165, 1.54) is 31.2 Å². The van der Waals surface area contributed by atoms with E-state index in [9.17, 15) is 4.79 Å². The first kappa shape index (κ1) is 17.8. The number of carbonyl (C=O) groups excluding carboxylic acids is 1. The summed E-state index contributed by atoms with van der Waals surface area (Å²) in [5.41, 5.74) is 1.19. The minimum absolute atomic E-state index is 0.220. The van der Waals surface area contributed by atoms with Crippen LogP contribution in [0, 0.1) is 5.92 Å². The summed E-state index contributed by atoms with van der Waals surface area (Å²) in [5.74, 6) is 0.625. The fourth-order valence-corrected chi connectivity index (χ4v) is 4.39. The molecular weight excluding hydrogens is 320 g/mol. The van der Waals surface area contributed by atoms with Crippen LogP contribution in [0.4, 0.5) is 0 Å². The van der Waals surface area contributed by atoms with Gasteiger partial charge in [-0.3, -0.25) is 9.69 Å². The third-order valence-electron chi connectivity index (χ3n) is 5.70. The molecule has 2 saturated heterocycles. The second-order valence-corrected chi connectivity index (χ2v) is 7.65. The SMILES string of the molecule is CC(c1ccccc1Cl)N1CCC(C(=O)N2CCCCCC2)CC1. The van der Waals surface area contributed by atoms with Gasteiger partial charge < -0.3 is 4.90 Å². The van der Waals surface area contributed by atoms with Crippen LogP contribution in [-0.4, -0.2) is 41.9 Å². The second kappa shape index (κ2) is 8.35. The molecule has 1 atom stereocenters. The third kappa shape index (κ3) is 4.12. The smallest absolute Gasteiger partial charge is 0.225 e. The number of piperidine rings is 1. The van der Waals surface area contributed by atoms with E-state index in [1.807, 2.05) is 18.2 Å². The van der Waals surface area contributed by atoms with Gasteiger partial charge in [0.2, 0.25) is 5.91 Å². The summed E-state index contributed by atoms with van der Waals surface area (Å²) < 4.78 is 0. The molecule has 1 amide bonds. The van der Waals surface area contributed by atoms with Gasteiger partial charge in [-0.2, -0.15) is 0 Å². The summed E-state index contributed by atoms with van der Waals surface area (Å²) in [6, 6.07) is 8.41. The maximum absolute atomic E-state index is 12.8. The molecule has 2 aliphatic rings. The summed E-state index contributed by atoms with van der Waals surface area (Å²) in [7, 11) is 0. The Balaban J connectivity index is 1.55. The second-order valence-electron chi connectivity index (χ2n) is 7.25. The Hall–Kier alpha value is -1.06. The predicted molar refractivity (Wildman–Crippen MR) is 99.2 cm³/mol. The zero-order valence-electron chi connectivity index (χ0n) is 14.7. The topological polar surface area (TPSA) is 23.6 Å². The molecule has 0 bridgehead atoms. The number of benzene rings is 1. The highest BCUT2D eigenvalue weighted by atomic mass is 35.5. The zero-order chi connectivity index (χ0) is 16.9. The van der Waals surface area contributed by atoms with Crippen LogP contribution in [0.1, 0.15) is 57.1 Å². The standard InChI is InChI=1S/C20H29ClN2O/c1-16(18-8-4-5-9-19(18)21)22-14-10-17(11-15-22)20(24)23-12-6-2-3-7-13-23/h4-5,8-9,16-17H,2-3,6-7,10-15H2,1H3. The molecule has 0 N–H and O–H groups in total. The number of likely N-dealkylation sites (tertiary alicyclic amines) is 2. The minimum Gasteiger partial charge on any atom is -0.342 e. The van der Waals surface area contributed by atoms with Crippen LogP contribution < -0.4 is 0 Å². The van der Waals surface area contributed by atoms with E-state index in [-0.39, 0.29) is 5.92 Å². The number of nitrogens with zero attached hydrogens (tertiary/aromatic N) is 2. The van der Waals surface area contributed by atoms with Crippen LogP contribution >= 0.6 is 11.6 Å². The highest BCUT2D eigenvalue weighted by molar-refractivity contribution is 6.31. The summed E-state index contributed by atoms with van der Waals surface area (Å²) >= 11 is 6.35. The Labute approximate surface area is 151 Å². The number of hydrogen-bond donors (Lipinski definition) is 0. The van der Waals surface area contributed by atoms with E-state index in [0.29, 0.717) is 11.9 Å². The zero-order valence-corrected chi connectivity index (χ0v) is 15.5. The normalized spacial score (nSPS) is 22.2. The van der Waals surface area contributed by atoms with Gasteiger partial charge in [-0.1, -0.05) is 42.6 Å². The highest BCUT2D eigenvalue weighted by Crippen LogP contribution is 2.31. The van der Waals surface area contributed by atoms with Crippen LogP contribution in [0.3, 0.4) is 0 Å². The molecule has 132 valence electrons. The monoisotopic (exact) mass is 348 g/mol. The molecule has 1 aromatic carbocycles. The first-order valence-electron chi connectivity index (χ1n) is 9.44. The van der Waals surface area contributed by atoms with Gasteiger partial charge in [0.15, 0.2) is 0 Å². The molecule has 0 spiro atoms. The average Bonchev–Trinajstić information content (AvgIpc) is 2.90. The summed E-state index contributed by atoms with van der Waals surface area (Å²) in [5, 5.41) is 0.841. The van der Waals surface area contributed by atoms with Crippen LogP contribution in [0.5, 0.6) is 0 Å². The minimum atomic E-state index is 0.220. The Morgan fingerprint density at radius 2 is 1.67 bits per heavy atom. The van der Waals surface area contributed by atoms with Crippen LogP contribution in [0.15, 0.2) is 24.3 Å². The van der Waals surface area contributed by atoms with Crippen molar-refractivity contribution in [3.8, 4) is 0 Å². The Morgan fingerprint density at radius 3 is 2.29 bits per heavy atom. The molecule has 2 fully saturated rings. The molecule has 2 heterocycles. The van der Waals surface area contributed by atoms with E-state index < -0.39 is 0 Å². The summed E-state index contributed by atoms with van der Waals surface area (Å²) in [6.45, 7) is 6.12. The van der Waals surface area contributed by atoms with Gasteiger partial charge in [0.1, 0.15) is 0 Å². The molecule has 0 aromatic heterocycles. The molecule has 1 aromatic rings. The molecule has 0 saturated carbocycles. The van der Waals surface area contributed by atoms with Gasteiger partial charge in [0, 0.05) is 30.1 Å². The van der Waals surface area contributed by atoms with Crippen molar-refractivity contribution in [2.75, 3.05) is 26.2 Å². The number of amides is 1. The highest BCUT2D eigenvalue weighted by Gasteiger charge is 2.30. The Kier molecular flexibility index (Phi) is 6.18. The molecule has 2 aliphatic heterocycles. The average molecular weight is 349 g/mol. The summed E-state index contributed by atoms with van der Waals surface area (Å²) in [4.78, 5) is 17.4. The van der Waals surface area contributed by atoms with Crippen molar-refractivity contribution in [1.82, 2.24) is 9.80 Å². The van der Waals surface area contributed by atoms with Gasteiger partial charge in [-0.05, 0) is 57.3 Å². The van der Waals surface area contributed by atoms with E-state index in [4.69, 9.17) is 11.6 Å². The quantitative estimate of drug-likeness (QED) is 0.802. The number of halogens is 1. The molecular formula is C20H29ClN2O. The largest absolute Gasteiger partial charge is 0.342 e. The Bertz CT molecular complexity index is 546. The van der Waals surface area contributed by atoms with Gasteiger partial charge in [0.25, 0.3) is 0 Å². The molecule has 0 aliphatic carbocycles. The van der Waals surface area contributed by atoms with Crippen molar-refractivity contribution in [3.05, 3.63) is 34.9 Å². The molecule has 1 unspecified atom stereocenters. The van der Waals surface area contributed by atoms with Gasteiger partial charge >= 0.3 is 0 Å². The molecule has 0 radical (unpaired) electrons. The van der Waals surface area contributed by atoms with Gasteiger partial charge in [-0.15, -0.1) is 0 Å². The number of hydrogen-bond acceptors (Lipinski definition) is 2.